The Morgan fingerprint density at radius 1 is 1.47 bits per heavy atom. The summed E-state index contributed by atoms with van der Waals surface area (Å²) in [5.41, 5.74) is 8.34. The van der Waals surface area contributed by atoms with Crippen molar-refractivity contribution in [2.45, 2.75) is 19.9 Å². The zero-order valence-corrected chi connectivity index (χ0v) is 13.1. The monoisotopic (exact) mass is 338 g/mol. The number of benzene rings is 1. The van der Waals surface area contributed by atoms with E-state index in [1.54, 1.807) is 6.20 Å². The Labute approximate surface area is 126 Å². The minimum Gasteiger partial charge on any atom is -0.389 e. The first-order valence-electron chi connectivity index (χ1n) is 5.88. The lowest BCUT2D eigenvalue weighted by molar-refractivity contribution is 0.532. The molecule has 19 heavy (non-hydrogen) atoms. The molecule has 4 nitrogen and oxygen atoms in total. The maximum absolute atomic E-state index is 5.76. The minimum atomic E-state index is 0.327. The molecular weight excluding hydrogens is 324 g/mol. The highest BCUT2D eigenvalue weighted by molar-refractivity contribution is 9.10. The summed E-state index contributed by atoms with van der Waals surface area (Å²) in [5, 5.41) is 7.58. The average Bonchev–Trinajstić information content (AvgIpc) is 2.77. The van der Waals surface area contributed by atoms with E-state index in [0.717, 1.165) is 21.4 Å². The molecule has 0 aliphatic rings. The van der Waals surface area contributed by atoms with Crippen molar-refractivity contribution < 1.29 is 0 Å². The van der Waals surface area contributed by atoms with Crippen molar-refractivity contribution in [2.75, 3.05) is 5.32 Å². The first-order chi connectivity index (χ1) is 8.99. The molecular formula is C13H15BrN4S. The Hall–Kier alpha value is -1.40. The summed E-state index contributed by atoms with van der Waals surface area (Å²) in [7, 11) is 0. The van der Waals surface area contributed by atoms with Crippen molar-refractivity contribution in [1.29, 1.82) is 0 Å². The zero-order chi connectivity index (χ0) is 14.0. The molecule has 0 amide bonds. The van der Waals surface area contributed by atoms with E-state index < -0.39 is 0 Å². The van der Waals surface area contributed by atoms with Crippen LogP contribution in [0.4, 0.5) is 11.4 Å². The van der Waals surface area contributed by atoms with Gasteiger partial charge in [0.25, 0.3) is 0 Å². The highest BCUT2D eigenvalue weighted by atomic mass is 79.9. The van der Waals surface area contributed by atoms with E-state index in [1.165, 1.54) is 0 Å². The molecule has 2 rings (SSSR count). The van der Waals surface area contributed by atoms with Gasteiger partial charge in [-0.25, -0.2) is 0 Å². The van der Waals surface area contributed by atoms with Crippen molar-refractivity contribution in [2.24, 2.45) is 5.73 Å². The van der Waals surface area contributed by atoms with Crippen LogP contribution in [0.5, 0.6) is 0 Å². The molecule has 0 spiro atoms. The average molecular weight is 339 g/mol. The summed E-state index contributed by atoms with van der Waals surface area (Å²) in [4.78, 5) is 0.353. The van der Waals surface area contributed by atoms with E-state index in [2.05, 4.69) is 40.2 Å². The first-order valence-corrected chi connectivity index (χ1v) is 7.08. The highest BCUT2D eigenvalue weighted by Crippen LogP contribution is 2.27. The zero-order valence-electron chi connectivity index (χ0n) is 10.7. The Morgan fingerprint density at radius 2 is 2.21 bits per heavy atom. The smallest absolute Gasteiger partial charge is 0.107 e. The van der Waals surface area contributed by atoms with Crippen molar-refractivity contribution in [1.82, 2.24) is 9.78 Å². The predicted octanol–water partition coefficient (Wildman–Crippen LogP) is 3.60. The van der Waals surface area contributed by atoms with E-state index in [4.69, 9.17) is 18.0 Å². The Kier molecular flexibility index (Phi) is 4.21. The number of thiocarbonyl (C=S) groups is 1. The molecule has 0 bridgehead atoms. The number of anilines is 2. The number of aromatic nitrogens is 2. The molecule has 100 valence electrons. The van der Waals surface area contributed by atoms with Gasteiger partial charge in [0.2, 0.25) is 0 Å². The van der Waals surface area contributed by atoms with Gasteiger partial charge in [0.05, 0.1) is 11.9 Å². The van der Waals surface area contributed by atoms with E-state index in [-0.39, 0.29) is 0 Å². The molecule has 1 aromatic carbocycles. The van der Waals surface area contributed by atoms with Crippen LogP contribution in [0.25, 0.3) is 0 Å². The molecule has 0 aliphatic heterocycles. The minimum absolute atomic E-state index is 0.327. The van der Waals surface area contributed by atoms with Gasteiger partial charge in [-0.05, 0) is 41.9 Å². The summed E-state index contributed by atoms with van der Waals surface area (Å²) in [6, 6.07) is 6.11. The second-order valence-corrected chi connectivity index (χ2v) is 5.75. The number of halogens is 1. The number of rotatable bonds is 4. The molecule has 1 aromatic heterocycles. The lowest BCUT2D eigenvalue weighted by Gasteiger charge is -2.11. The summed E-state index contributed by atoms with van der Waals surface area (Å²) in [5.74, 6) is 0. The Balaban J connectivity index is 2.32. The van der Waals surface area contributed by atoms with Crippen molar-refractivity contribution in [3.05, 3.63) is 40.6 Å². The molecule has 0 saturated heterocycles. The van der Waals surface area contributed by atoms with Crippen LogP contribution in [-0.4, -0.2) is 14.8 Å². The van der Waals surface area contributed by atoms with Crippen molar-refractivity contribution >= 4 is 44.5 Å². The number of hydrogen-bond donors (Lipinski definition) is 2. The van der Waals surface area contributed by atoms with Gasteiger partial charge in [-0.1, -0.05) is 18.3 Å². The Bertz CT molecular complexity index is 606. The summed E-state index contributed by atoms with van der Waals surface area (Å²) in [6.07, 6.45) is 3.74. The van der Waals surface area contributed by atoms with Crippen LogP contribution in [0.1, 0.15) is 25.5 Å². The van der Waals surface area contributed by atoms with Crippen molar-refractivity contribution in [3.63, 3.8) is 0 Å². The quantitative estimate of drug-likeness (QED) is 0.836. The van der Waals surface area contributed by atoms with Crippen LogP contribution in [0.2, 0.25) is 0 Å². The van der Waals surface area contributed by atoms with Gasteiger partial charge in [0.1, 0.15) is 4.99 Å². The van der Waals surface area contributed by atoms with Crippen LogP contribution < -0.4 is 11.1 Å². The molecule has 6 heteroatoms. The van der Waals surface area contributed by atoms with E-state index in [0.29, 0.717) is 11.0 Å². The molecule has 0 radical (unpaired) electrons. The van der Waals surface area contributed by atoms with Crippen LogP contribution >= 0.6 is 28.1 Å². The number of hydrogen-bond acceptors (Lipinski definition) is 3. The Morgan fingerprint density at radius 3 is 2.79 bits per heavy atom. The van der Waals surface area contributed by atoms with E-state index in [1.807, 2.05) is 29.1 Å². The summed E-state index contributed by atoms with van der Waals surface area (Å²) >= 11 is 8.55. The molecule has 0 aliphatic carbocycles. The van der Waals surface area contributed by atoms with Crippen LogP contribution in [0, 0.1) is 0 Å². The topological polar surface area (TPSA) is 55.9 Å². The summed E-state index contributed by atoms with van der Waals surface area (Å²) < 4.78 is 2.77. The third-order valence-electron chi connectivity index (χ3n) is 2.67. The number of nitrogens with two attached hydrogens (primary N) is 1. The molecule has 0 unspecified atom stereocenters. The lowest BCUT2D eigenvalue weighted by Crippen LogP contribution is -2.12. The van der Waals surface area contributed by atoms with Gasteiger partial charge in [-0.2, -0.15) is 5.10 Å². The van der Waals surface area contributed by atoms with Crippen LogP contribution in [0.3, 0.4) is 0 Å². The van der Waals surface area contributed by atoms with Crippen molar-refractivity contribution in [3.8, 4) is 0 Å². The fourth-order valence-corrected chi connectivity index (χ4v) is 2.65. The van der Waals surface area contributed by atoms with Crippen LogP contribution in [0.15, 0.2) is 35.1 Å². The predicted molar refractivity (Wildman–Crippen MR) is 85.9 cm³/mol. The van der Waals surface area contributed by atoms with E-state index >= 15 is 0 Å². The fraction of sp³-hybridized carbons (Fsp3) is 0.231. The second kappa shape index (κ2) is 5.71. The third-order valence-corrected chi connectivity index (χ3v) is 3.53. The second-order valence-electron chi connectivity index (χ2n) is 4.45. The van der Waals surface area contributed by atoms with Gasteiger partial charge in [-0.3, -0.25) is 4.68 Å². The molecule has 0 atom stereocenters. The molecule has 1 heterocycles. The number of nitrogens with one attached hydrogen (secondary N) is 1. The first kappa shape index (κ1) is 14.0. The van der Waals surface area contributed by atoms with Gasteiger partial charge >= 0.3 is 0 Å². The third kappa shape index (κ3) is 3.13. The number of nitrogens with zero attached hydrogens (tertiary/aromatic N) is 2. The van der Waals surface area contributed by atoms with Gasteiger partial charge < -0.3 is 11.1 Å². The van der Waals surface area contributed by atoms with Crippen LogP contribution in [-0.2, 0) is 0 Å². The van der Waals surface area contributed by atoms with Gasteiger partial charge in [-0.15, -0.1) is 0 Å². The maximum Gasteiger partial charge on any atom is 0.107 e. The van der Waals surface area contributed by atoms with E-state index in [9.17, 15) is 0 Å². The normalized spacial score (nSPS) is 10.7. The summed E-state index contributed by atoms with van der Waals surface area (Å²) in [6.45, 7) is 4.16. The largest absolute Gasteiger partial charge is 0.389 e. The lowest BCUT2D eigenvalue weighted by atomic mass is 10.1. The SMILES string of the molecule is CC(C)n1cc(Nc2cccc(Br)c2C(N)=S)cn1. The molecule has 3 N–H and O–H groups in total. The van der Waals surface area contributed by atoms with Gasteiger partial charge in [0, 0.05) is 28.0 Å². The fourth-order valence-electron chi connectivity index (χ4n) is 1.72. The van der Waals surface area contributed by atoms with Gasteiger partial charge in [0.15, 0.2) is 0 Å². The maximum atomic E-state index is 5.76. The molecule has 0 saturated carbocycles. The molecule has 0 fully saturated rings. The molecule has 2 aromatic rings. The standard InChI is InChI=1S/C13H15BrN4S/c1-8(2)18-7-9(6-16-18)17-11-5-3-4-10(14)12(11)13(15)19/h3-8,17H,1-2H3,(H2,15,19). The highest BCUT2D eigenvalue weighted by Gasteiger charge is 2.10.